The van der Waals surface area contributed by atoms with Gasteiger partial charge in [-0.2, -0.15) is 0 Å². The van der Waals surface area contributed by atoms with E-state index in [0.29, 0.717) is 16.3 Å². The van der Waals surface area contributed by atoms with Crippen LogP contribution in [0.15, 0.2) is 45.8 Å². The average molecular weight is 390 g/mol. The number of halogens is 2. The average Bonchev–Trinajstić information content (AvgIpc) is 2.42. The first-order valence-electron chi connectivity index (χ1n) is 6.09. The molecule has 21 heavy (non-hydrogen) atoms. The van der Waals surface area contributed by atoms with Gasteiger partial charge < -0.3 is 5.73 Å². The second-order valence-electron chi connectivity index (χ2n) is 4.57. The molecule has 7 heteroatoms. The van der Waals surface area contributed by atoms with Crippen molar-refractivity contribution in [1.82, 2.24) is 4.72 Å². The van der Waals surface area contributed by atoms with Crippen LogP contribution in [0, 0.1) is 6.92 Å². The zero-order chi connectivity index (χ0) is 15.6. The quantitative estimate of drug-likeness (QED) is 0.786. The van der Waals surface area contributed by atoms with Crippen molar-refractivity contribution in [3.8, 4) is 0 Å². The number of nitrogen functional groups attached to an aromatic ring is 1. The summed E-state index contributed by atoms with van der Waals surface area (Å²) in [6.45, 7) is 1.93. The Hall–Kier alpha value is -1.08. The van der Waals surface area contributed by atoms with E-state index in [1.165, 1.54) is 12.1 Å². The van der Waals surface area contributed by atoms with Crippen molar-refractivity contribution in [3.05, 3.63) is 57.0 Å². The summed E-state index contributed by atoms with van der Waals surface area (Å²) in [6.07, 6.45) is 0. The maximum Gasteiger partial charge on any atom is 0.240 e. The highest BCUT2D eigenvalue weighted by Crippen LogP contribution is 2.26. The first kappa shape index (κ1) is 16.3. The van der Waals surface area contributed by atoms with E-state index >= 15 is 0 Å². The summed E-state index contributed by atoms with van der Waals surface area (Å²) in [5.41, 5.74) is 7.63. The maximum absolute atomic E-state index is 12.3. The Morgan fingerprint density at radius 1 is 1.29 bits per heavy atom. The zero-order valence-corrected chi connectivity index (χ0v) is 14.4. The first-order chi connectivity index (χ1) is 9.79. The van der Waals surface area contributed by atoms with Crippen LogP contribution in [0.2, 0.25) is 5.02 Å². The normalized spacial score (nSPS) is 11.6. The van der Waals surface area contributed by atoms with Crippen molar-refractivity contribution in [2.75, 3.05) is 5.73 Å². The van der Waals surface area contributed by atoms with Crippen molar-refractivity contribution in [2.45, 2.75) is 18.4 Å². The van der Waals surface area contributed by atoms with Gasteiger partial charge in [-0.1, -0.05) is 39.7 Å². The van der Waals surface area contributed by atoms with Gasteiger partial charge in [0.25, 0.3) is 0 Å². The number of nitrogens with one attached hydrogen (secondary N) is 1. The fraction of sp³-hybridized carbons (Fsp3) is 0.143. The smallest absolute Gasteiger partial charge is 0.240 e. The van der Waals surface area contributed by atoms with Crippen molar-refractivity contribution in [2.24, 2.45) is 0 Å². The number of anilines is 1. The van der Waals surface area contributed by atoms with E-state index in [2.05, 4.69) is 20.7 Å². The molecule has 4 nitrogen and oxygen atoms in total. The molecule has 0 aliphatic rings. The molecule has 2 aromatic rings. The van der Waals surface area contributed by atoms with Gasteiger partial charge in [0.05, 0.1) is 4.90 Å². The molecule has 0 heterocycles. The third-order valence-corrected chi connectivity index (χ3v) is 5.29. The molecule has 0 bridgehead atoms. The van der Waals surface area contributed by atoms with Gasteiger partial charge in [0.1, 0.15) is 0 Å². The summed E-state index contributed by atoms with van der Waals surface area (Å²) >= 11 is 9.33. The SMILES string of the molecule is Cc1c(N)cc(S(=O)(=O)NCc2cccc(Br)c2)cc1Cl. The highest BCUT2D eigenvalue weighted by Gasteiger charge is 2.16. The van der Waals surface area contributed by atoms with Crippen molar-refractivity contribution in [3.63, 3.8) is 0 Å². The Balaban J connectivity index is 2.23. The van der Waals surface area contributed by atoms with Gasteiger partial charge in [-0.05, 0) is 42.3 Å². The van der Waals surface area contributed by atoms with Crippen LogP contribution in [0.4, 0.5) is 5.69 Å². The molecule has 0 aliphatic heterocycles. The lowest BCUT2D eigenvalue weighted by molar-refractivity contribution is 0.581. The van der Waals surface area contributed by atoms with Crippen LogP contribution in [0.3, 0.4) is 0 Å². The van der Waals surface area contributed by atoms with E-state index in [-0.39, 0.29) is 11.4 Å². The van der Waals surface area contributed by atoms with Gasteiger partial charge >= 0.3 is 0 Å². The predicted octanol–water partition coefficient (Wildman–Crippen LogP) is 3.47. The molecule has 2 aromatic carbocycles. The van der Waals surface area contributed by atoms with E-state index in [9.17, 15) is 8.42 Å². The van der Waals surface area contributed by atoms with Crippen LogP contribution in [-0.4, -0.2) is 8.42 Å². The lowest BCUT2D eigenvalue weighted by Crippen LogP contribution is -2.23. The van der Waals surface area contributed by atoms with Crippen LogP contribution in [0.1, 0.15) is 11.1 Å². The van der Waals surface area contributed by atoms with Crippen LogP contribution in [0.5, 0.6) is 0 Å². The third-order valence-electron chi connectivity index (χ3n) is 3.02. The monoisotopic (exact) mass is 388 g/mol. The molecule has 0 unspecified atom stereocenters. The van der Waals surface area contributed by atoms with E-state index in [4.69, 9.17) is 17.3 Å². The first-order valence-corrected chi connectivity index (χ1v) is 8.75. The molecule has 0 saturated carbocycles. The van der Waals surface area contributed by atoms with Crippen LogP contribution in [0.25, 0.3) is 0 Å². The predicted molar refractivity (Wildman–Crippen MR) is 88.8 cm³/mol. The largest absolute Gasteiger partial charge is 0.398 e. The minimum absolute atomic E-state index is 0.0607. The third kappa shape index (κ3) is 3.97. The highest BCUT2D eigenvalue weighted by atomic mass is 79.9. The van der Waals surface area contributed by atoms with E-state index in [0.717, 1.165) is 10.0 Å². The molecule has 0 spiro atoms. The van der Waals surface area contributed by atoms with Gasteiger partial charge in [-0.3, -0.25) is 0 Å². The Labute approximate surface area is 137 Å². The van der Waals surface area contributed by atoms with Gasteiger partial charge in [0, 0.05) is 21.7 Å². The Kier molecular flexibility index (Phi) is 4.93. The summed E-state index contributed by atoms with van der Waals surface area (Å²) in [5, 5.41) is 0.331. The minimum Gasteiger partial charge on any atom is -0.398 e. The van der Waals surface area contributed by atoms with Gasteiger partial charge in [0.2, 0.25) is 10.0 Å². The van der Waals surface area contributed by atoms with E-state index < -0.39 is 10.0 Å². The number of hydrogen-bond acceptors (Lipinski definition) is 3. The summed E-state index contributed by atoms with van der Waals surface area (Å²) < 4.78 is 28.0. The maximum atomic E-state index is 12.3. The topological polar surface area (TPSA) is 72.2 Å². The lowest BCUT2D eigenvalue weighted by atomic mass is 10.2. The molecule has 0 radical (unpaired) electrons. The molecular formula is C14H14BrClN2O2S. The summed E-state index contributed by atoms with van der Waals surface area (Å²) in [4.78, 5) is 0.0607. The zero-order valence-electron chi connectivity index (χ0n) is 11.2. The molecule has 0 fully saturated rings. The van der Waals surface area contributed by atoms with Crippen molar-refractivity contribution in [1.29, 1.82) is 0 Å². The number of rotatable bonds is 4. The molecule has 0 atom stereocenters. The minimum atomic E-state index is -3.66. The van der Waals surface area contributed by atoms with E-state index in [1.807, 2.05) is 24.3 Å². The fourth-order valence-corrected chi connectivity index (χ4v) is 3.55. The molecule has 0 amide bonds. The van der Waals surface area contributed by atoms with Crippen LogP contribution >= 0.6 is 27.5 Å². The standard InChI is InChI=1S/C14H14BrClN2O2S/c1-9-13(16)6-12(7-14(9)17)21(19,20)18-8-10-3-2-4-11(15)5-10/h2-7,18H,8,17H2,1H3. The number of nitrogens with two attached hydrogens (primary N) is 1. The molecule has 0 aliphatic carbocycles. The fourth-order valence-electron chi connectivity index (χ4n) is 1.74. The lowest BCUT2D eigenvalue weighted by Gasteiger charge is -2.10. The molecule has 0 saturated heterocycles. The van der Waals surface area contributed by atoms with Crippen LogP contribution in [-0.2, 0) is 16.6 Å². The summed E-state index contributed by atoms with van der Waals surface area (Å²) in [7, 11) is -3.66. The van der Waals surface area contributed by atoms with Gasteiger partial charge in [0.15, 0.2) is 0 Å². The molecule has 3 N–H and O–H groups in total. The van der Waals surface area contributed by atoms with Gasteiger partial charge in [-0.15, -0.1) is 0 Å². The van der Waals surface area contributed by atoms with Crippen LogP contribution < -0.4 is 10.5 Å². The molecule has 112 valence electrons. The number of benzene rings is 2. The van der Waals surface area contributed by atoms with Gasteiger partial charge in [-0.25, -0.2) is 13.1 Å². The Morgan fingerprint density at radius 3 is 2.62 bits per heavy atom. The van der Waals surface area contributed by atoms with E-state index in [1.54, 1.807) is 6.92 Å². The van der Waals surface area contributed by atoms with Crippen molar-refractivity contribution >= 4 is 43.2 Å². The molecule has 0 aromatic heterocycles. The Morgan fingerprint density at radius 2 is 2.00 bits per heavy atom. The second-order valence-corrected chi connectivity index (χ2v) is 7.66. The summed E-state index contributed by atoms with van der Waals surface area (Å²) in [6, 6.07) is 10.2. The molecular weight excluding hydrogens is 376 g/mol. The second kappa shape index (κ2) is 6.36. The van der Waals surface area contributed by atoms with Crippen molar-refractivity contribution < 1.29 is 8.42 Å². The number of hydrogen-bond donors (Lipinski definition) is 2. The Bertz CT molecular complexity index is 755. The number of sulfonamides is 1. The summed E-state index contributed by atoms with van der Waals surface area (Å²) in [5.74, 6) is 0. The molecule has 2 rings (SSSR count). The highest BCUT2D eigenvalue weighted by molar-refractivity contribution is 9.10.